The van der Waals surface area contributed by atoms with Gasteiger partial charge in [-0.15, -0.1) is 47.0 Å². The number of hydrogen-bond acceptors (Lipinski definition) is 8. The summed E-state index contributed by atoms with van der Waals surface area (Å²) in [6.45, 7) is 0. The third-order valence-electron chi connectivity index (χ3n) is 2.95. The molecule has 2 fully saturated rings. The Hall–Kier alpha value is -0.180. The monoisotopic (exact) mass is 378 g/mol. The van der Waals surface area contributed by atoms with Crippen molar-refractivity contribution in [1.29, 1.82) is 0 Å². The van der Waals surface area contributed by atoms with Gasteiger partial charge in [-0.25, -0.2) is 9.59 Å². The van der Waals surface area contributed by atoms with E-state index in [1.54, 1.807) is 47.0 Å². The van der Waals surface area contributed by atoms with Crippen molar-refractivity contribution < 1.29 is 19.1 Å². The molecule has 0 aromatic rings. The summed E-state index contributed by atoms with van der Waals surface area (Å²) >= 11 is 6.47. The predicted octanol–water partition coefficient (Wildman–Crippen LogP) is 3.50. The van der Waals surface area contributed by atoms with Crippen LogP contribution in [0.4, 0.5) is 0 Å². The Kier molecular flexibility index (Phi) is 7.59. The van der Waals surface area contributed by atoms with E-state index < -0.39 is 11.9 Å². The maximum Gasteiger partial charge on any atom is 0.340 e. The first-order valence-electron chi connectivity index (χ1n) is 6.85. The smallest absolute Gasteiger partial charge is 0.340 e. The van der Waals surface area contributed by atoms with Crippen molar-refractivity contribution in [3.8, 4) is 0 Å². The lowest BCUT2D eigenvalue weighted by atomic mass is 10.1. The summed E-state index contributed by atoms with van der Waals surface area (Å²) in [6.07, 6.45) is 2.20. The first kappa shape index (κ1) is 18.2. The Bertz CT molecular complexity index is 451. The molecule has 0 atom stereocenters. The third kappa shape index (κ3) is 4.43. The molecule has 0 N–H and O–H groups in total. The van der Waals surface area contributed by atoms with Gasteiger partial charge in [0, 0.05) is 0 Å². The minimum Gasteiger partial charge on any atom is -0.465 e. The van der Waals surface area contributed by atoms with Crippen LogP contribution in [-0.4, -0.2) is 49.2 Å². The number of hydrogen-bond donors (Lipinski definition) is 0. The van der Waals surface area contributed by atoms with Crippen molar-refractivity contribution >= 4 is 59.0 Å². The van der Waals surface area contributed by atoms with E-state index in [-0.39, 0.29) is 0 Å². The van der Waals surface area contributed by atoms with Crippen molar-refractivity contribution in [3.05, 3.63) is 19.6 Å². The van der Waals surface area contributed by atoms with Crippen molar-refractivity contribution in [3.63, 3.8) is 0 Å². The molecule has 2 heterocycles. The standard InChI is InChI=1S/C14H18O4S4/c1-17-11(15)9(13-19-5-3-6-20-13)10(12(16)18-2)14-21-7-4-8-22-14/h3-8H2,1-2H3. The minimum absolute atomic E-state index is 0.376. The number of carbonyl (C=O) groups is 2. The first-order chi connectivity index (χ1) is 10.7. The van der Waals surface area contributed by atoms with Crippen LogP contribution < -0.4 is 0 Å². The average molecular weight is 379 g/mol. The Balaban J connectivity index is 2.52. The van der Waals surface area contributed by atoms with Gasteiger partial charge in [-0.05, 0) is 35.9 Å². The van der Waals surface area contributed by atoms with Crippen LogP contribution in [0.25, 0.3) is 0 Å². The maximum atomic E-state index is 12.3. The summed E-state index contributed by atoms with van der Waals surface area (Å²) in [5.41, 5.74) is 0.752. The van der Waals surface area contributed by atoms with Crippen LogP contribution in [0.15, 0.2) is 19.6 Å². The maximum absolute atomic E-state index is 12.3. The van der Waals surface area contributed by atoms with E-state index >= 15 is 0 Å². The van der Waals surface area contributed by atoms with Gasteiger partial charge in [0.15, 0.2) is 0 Å². The Morgan fingerprint density at radius 2 is 1.05 bits per heavy atom. The molecular formula is C14H18O4S4. The average Bonchev–Trinajstić information content (AvgIpc) is 2.59. The third-order valence-corrected chi connectivity index (χ3v) is 8.20. The van der Waals surface area contributed by atoms with Gasteiger partial charge in [0.2, 0.25) is 0 Å². The fraction of sp³-hybridized carbons (Fsp3) is 0.571. The zero-order chi connectivity index (χ0) is 15.9. The van der Waals surface area contributed by atoms with Gasteiger partial charge < -0.3 is 9.47 Å². The van der Waals surface area contributed by atoms with E-state index in [0.717, 1.165) is 44.3 Å². The van der Waals surface area contributed by atoms with Crippen LogP contribution >= 0.6 is 47.0 Å². The molecule has 0 spiro atoms. The van der Waals surface area contributed by atoms with E-state index in [4.69, 9.17) is 9.47 Å². The zero-order valence-electron chi connectivity index (χ0n) is 12.5. The summed E-state index contributed by atoms with van der Waals surface area (Å²) in [5.74, 6) is 2.88. The summed E-state index contributed by atoms with van der Waals surface area (Å²) in [6, 6.07) is 0. The highest BCUT2D eigenvalue weighted by Gasteiger charge is 2.32. The molecule has 2 rings (SSSR count). The molecule has 0 aromatic heterocycles. The molecule has 0 amide bonds. The number of methoxy groups -OCH3 is 2. The van der Waals surface area contributed by atoms with Crippen LogP contribution in [0.5, 0.6) is 0 Å². The molecule has 0 radical (unpaired) electrons. The molecule has 22 heavy (non-hydrogen) atoms. The summed E-state index contributed by atoms with van der Waals surface area (Å²) in [7, 11) is 2.70. The molecule has 0 bridgehead atoms. The van der Waals surface area contributed by atoms with Gasteiger partial charge in [-0.3, -0.25) is 0 Å². The largest absolute Gasteiger partial charge is 0.465 e. The highest BCUT2D eigenvalue weighted by molar-refractivity contribution is 8.23. The summed E-state index contributed by atoms with van der Waals surface area (Å²) < 4.78 is 11.6. The lowest BCUT2D eigenvalue weighted by Crippen LogP contribution is -2.18. The van der Waals surface area contributed by atoms with Crippen LogP contribution in [0.3, 0.4) is 0 Å². The molecular weight excluding hydrogens is 360 g/mol. The van der Waals surface area contributed by atoms with Gasteiger partial charge in [-0.2, -0.15) is 0 Å². The van der Waals surface area contributed by atoms with Crippen LogP contribution in [-0.2, 0) is 19.1 Å². The van der Waals surface area contributed by atoms with Gasteiger partial charge in [0.25, 0.3) is 0 Å². The Morgan fingerprint density at radius 3 is 1.32 bits per heavy atom. The van der Waals surface area contributed by atoms with Gasteiger partial charge >= 0.3 is 11.9 Å². The van der Waals surface area contributed by atoms with E-state index in [9.17, 15) is 9.59 Å². The Morgan fingerprint density at radius 1 is 0.727 bits per heavy atom. The number of ether oxygens (including phenoxy) is 2. The van der Waals surface area contributed by atoms with E-state index in [0.29, 0.717) is 11.1 Å². The Labute approximate surface area is 147 Å². The quantitative estimate of drug-likeness (QED) is 0.546. The second kappa shape index (κ2) is 9.20. The van der Waals surface area contributed by atoms with E-state index in [1.165, 1.54) is 14.2 Å². The van der Waals surface area contributed by atoms with Crippen LogP contribution in [0, 0.1) is 0 Å². The highest BCUT2D eigenvalue weighted by atomic mass is 32.2. The fourth-order valence-corrected chi connectivity index (χ4v) is 7.18. The molecule has 0 saturated carbocycles. The summed E-state index contributed by atoms with van der Waals surface area (Å²) in [4.78, 5) is 24.7. The lowest BCUT2D eigenvalue weighted by Gasteiger charge is -2.21. The fourth-order valence-electron chi connectivity index (χ4n) is 1.93. The second-order valence-electron chi connectivity index (χ2n) is 4.41. The molecule has 8 heteroatoms. The number of rotatable bonds is 3. The summed E-state index contributed by atoms with van der Waals surface area (Å²) in [5, 5.41) is 0. The van der Waals surface area contributed by atoms with Crippen molar-refractivity contribution in [2.45, 2.75) is 12.8 Å². The minimum atomic E-state index is -0.462. The zero-order valence-corrected chi connectivity index (χ0v) is 15.8. The topological polar surface area (TPSA) is 52.6 Å². The lowest BCUT2D eigenvalue weighted by molar-refractivity contribution is -0.139. The SMILES string of the molecule is COC(=O)C(=C1SCCCS1)C(C(=O)OC)=C1SCCCS1. The predicted molar refractivity (Wildman–Crippen MR) is 97.2 cm³/mol. The van der Waals surface area contributed by atoms with E-state index in [2.05, 4.69) is 0 Å². The molecule has 0 aliphatic carbocycles. The number of esters is 2. The number of carbonyl (C=O) groups excluding carboxylic acids is 2. The molecule has 0 unspecified atom stereocenters. The molecule has 4 nitrogen and oxygen atoms in total. The molecule has 2 aliphatic rings. The highest BCUT2D eigenvalue weighted by Crippen LogP contribution is 2.45. The van der Waals surface area contributed by atoms with E-state index in [1.807, 2.05) is 0 Å². The molecule has 0 aromatic carbocycles. The molecule has 122 valence electrons. The van der Waals surface area contributed by atoms with Gasteiger partial charge in [0.1, 0.15) is 0 Å². The van der Waals surface area contributed by atoms with Crippen LogP contribution in [0.2, 0.25) is 0 Å². The van der Waals surface area contributed by atoms with Gasteiger partial charge in [0.05, 0.1) is 33.8 Å². The van der Waals surface area contributed by atoms with Crippen molar-refractivity contribution in [1.82, 2.24) is 0 Å². The van der Waals surface area contributed by atoms with Gasteiger partial charge in [-0.1, -0.05) is 0 Å². The normalized spacial score (nSPS) is 18.6. The molecule has 2 saturated heterocycles. The number of thioether (sulfide) groups is 4. The van der Waals surface area contributed by atoms with Crippen molar-refractivity contribution in [2.24, 2.45) is 0 Å². The molecule has 2 aliphatic heterocycles. The van der Waals surface area contributed by atoms with Crippen LogP contribution in [0.1, 0.15) is 12.8 Å². The first-order valence-corrected chi connectivity index (χ1v) is 10.8. The second-order valence-corrected chi connectivity index (χ2v) is 9.35. The van der Waals surface area contributed by atoms with Crippen molar-refractivity contribution in [2.75, 3.05) is 37.2 Å².